The van der Waals surface area contributed by atoms with Gasteiger partial charge in [0.25, 0.3) is 0 Å². The number of benzene rings is 1. The van der Waals surface area contributed by atoms with Gasteiger partial charge in [-0.1, -0.05) is 44.4 Å². The van der Waals surface area contributed by atoms with Crippen molar-refractivity contribution in [2.75, 3.05) is 13.1 Å². The molecule has 1 saturated carbocycles. The van der Waals surface area contributed by atoms with Gasteiger partial charge in [-0.05, 0) is 74.7 Å². The molecular formula is C19H31N. The van der Waals surface area contributed by atoms with E-state index in [9.17, 15) is 0 Å². The van der Waals surface area contributed by atoms with Gasteiger partial charge < -0.3 is 5.32 Å². The molecule has 1 N–H and O–H groups in total. The zero-order valence-corrected chi connectivity index (χ0v) is 13.5. The summed E-state index contributed by atoms with van der Waals surface area (Å²) in [5.41, 5.74) is 4.60. The van der Waals surface area contributed by atoms with Crippen molar-refractivity contribution in [3.05, 3.63) is 34.9 Å². The maximum atomic E-state index is 3.67. The Morgan fingerprint density at radius 3 is 2.70 bits per heavy atom. The molecule has 0 aliphatic heterocycles. The van der Waals surface area contributed by atoms with Crippen molar-refractivity contribution in [3.63, 3.8) is 0 Å². The van der Waals surface area contributed by atoms with Crippen LogP contribution in [0.15, 0.2) is 18.2 Å². The largest absolute Gasteiger partial charge is 0.316 e. The Balaban J connectivity index is 2.16. The van der Waals surface area contributed by atoms with Gasteiger partial charge in [-0.2, -0.15) is 0 Å². The molecule has 0 saturated heterocycles. The first-order valence-electron chi connectivity index (χ1n) is 8.50. The van der Waals surface area contributed by atoms with Crippen molar-refractivity contribution in [2.45, 2.75) is 65.2 Å². The summed E-state index contributed by atoms with van der Waals surface area (Å²) in [6.45, 7) is 9.18. The Bertz CT molecular complexity index is 410. The molecule has 0 radical (unpaired) electrons. The predicted molar refractivity (Wildman–Crippen MR) is 88.4 cm³/mol. The second-order valence-electron chi connectivity index (χ2n) is 6.50. The van der Waals surface area contributed by atoms with Gasteiger partial charge in [0, 0.05) is 0 Å². The second kappa shape index (κ2) is 7.83. The molecule has 0 spiro atoms. The van der Waals surface area contributed by atoms with E-state index >= 15 is 0 Å². The van der Waals surface area contributed by atoms with E-state index in [0.29, 0.717) is 0 Å². The summed E-state index contributed by atoms with van der Waals surface area (Å²) < 4.78 is 0. The van der Waals surface area contributed by atoms with E-state index in [2.05, 4.69) is 44.3 Å². The van der Waals surface area contributed by atoms with Gasteiger partial charge in [0.1, 0.15) is 0 Å². The van der Waals surface area contributed by atoms with Gasteiger partial charge in [-0.15, -0.1) is 0 Å². The molecule has 2 unspecified atom stereocenters. The molecule has 112 valence electrons. The molecule has 2 rings (SSSR count). The molecule has 1 heteroatoms. The lowest BCUT2D eigenvalue weighted by Gasteiger charge is -2.28. The quantitative estimate of drug-likeness (QED) is 0.590. The first-order chi connectivity index (χ1) is 9.74. The zero-order valence-electron chi connectivity index (χ0n) is 13.5. The third-order valence-corrected chi connectivity index (χ3v) is 5.04. The van der Waals surface area contributed by atoms with Crippen LogP contribution in [0.4, 0.5) is 0 Å². The molecule has 0 heterocycles. The fourth-order valence-corrected chi connectivity index (χ4v) is 3.68. The number of hydrogen-bond donors (Lipinski definition) is 1. The van der Waals surface area contributed by atoms with E-state index in [1.165, 1.54) is 56.2 Å². The van der Waals surface area contributed by atoms with Crippen LogP contribution in [0.2, 0.25) is 0 Å². The minimum Gasteiger partial charge on any atom is -0.316 e. The van der Waals surface area contributed by atoms with Crippen LogP contribution in [-0.2, 0) is 0 Å². The van der Waals surface area contributed by atoms with Crippen molar-refractivity contribution < 1.29 is 0 Å². The van der Waals surface area contributed by atoms with Gasteiger partial charge >= 0.3 is 0 Å². The van der Waals surface area contributed by atoms with Crippen LogP contribution in [0.3, 0.4) is 0 Å². The summed E-state index contributed by atoms with van der Waals surface area (Å²) in [4.78, 5) is 0. The van der Waals surface area contributed by atoms with Crippen LogP contribution in [0, 0.1) is 19.8 Å². The van der Waals surface area contributed by atoms with Gasteiger partial charge in [0.2, 0.25) is 0 Å². The van der Waals surface area contributed by atoms with E-state index in [1.54, 1.807) is 5.56 Å². The van der Waals surface area contributed by atoms with Crippen molar-refractivity contribution in [3.8, 4) is 0 Å². The standard InChI is InChI=1S/C19H31N/c1-4-13-20-14-17-10-6-5-7-11-19(17)18-12-8-9-15(2)16(18)3/h8-9,12,17,19-20H,4-7,10-11,13-14H2,1-3H3. The maximum absolute atomic E-state index is 3.67. The molecule has 1 aromatic rings. The van der Waals surface area contributed by atoms with Crippen LogP contribution in [0.25, 0.3) is 0 Å². The van der Waals surface area contributed by atoms with Crippen LogP contribution in [0.1, 0.15) is 68.1 Å². The van der Waals surface area contributed by atoms with Crippen LogP contribution in [0.5, 0.6) is 0 Å². The molecule has 1 aliphatic rings. The first-order valence-corrected chi connectivity index (χ1v) is 8.50. The Labute approximate surface area is 125 Å². The molecule has 2 atom stereocenters. The second-order valence-corrected chi connectivity index (χ2v) is 6.50. The minimum atomic E-state index is 0.766. The van der Waals surface area contributed by atoms with Gasteiger partial charge in [0.15, 0.2) is 0 Å². The summed E-state index contributed by atoms with van der Waals surface area (Å²) in [6.07, 6.45) is 8.26. The molecule has 1 fully saturated rings. The molecule has 0 amide bonds. The molecule has 1 aliphatic carbocycles. The normalized spacial score (nSPS) is 23.6. The van der Waals surface area contributed by atoms with Crippen molar-refractivity contribution in [1.82, 2.24) is 5.32 Å². The Morgan fingerprint density at radius 1 is 1.10 bits per heavy atom. The molecule has 1 nitrogen and oxygen atoms in total. The predicted octanol–water partition coefficient (Wildman–Crippen LogP) is 4.97. The lowest BCUT2D eigenvalue weighted by atomic mass is 9.80. The molecule has 0 bridgehead atoms. The van der Waals surface area contributed by atoms with Crippen LogP contribution in [-0.4, -0.2) is 13.1 Å². The number of rotatable bonds is 5. The topological polar surface area (TPSA) is 12.0 Å². The Morgan fingerprint density at radius 2 is 1.90 bits per heavy atom. The zero-order chi connectivity index (χ0) is 14.4. The third-order valence-electron chi connectivity index (χ3n) is 5.04. The van der Waals surface area contributed by atoms with E-state index < -0.39 is 0 Å². The van der Waals surface area contributed by atoms with E-state index in [-0.39, 0.29) is 0 Å². The average molecular weight is 273 g/mol. The van der Waals surface area contributed by atoms with Crippen LogP contribution < -0.4 is 5.32 Å². The van der Waals surface area contributed by atoms with Crippen molar-refractivity contribution >= 4 is 0 Å². The fourth-order valence-electron chi connectivity index (χ4n) is 3.68. The highest BCUT2D eigenvalue weighted by atomic mass is 14.9. The smallest absolute Gasteiger partial charge is 0.00147 e. The fraction of sp³-hybridized carbons (Fsp3) is 0.684. The van der Waals surface area contributed by atoms with Crippen molar-refractivity contribution in [1.29, 1.82) is 0 Å². The van der Waals surface area contributed by atoms with E-state index in [0.717, 1.165) is 18.4 Å². The number of nitrogens with one attached hydrogen (secondary N) is 1. The van der Waals surface area contributed by atoms with E-state index in [4.69, 9.17) is 0 Å². The summed E-state index contributed by atoms with van der Waals surface area (Å²) in [5, 5.41) is 3.67. The number of aryl methyl sites for hydroxylation is 1. The minimum absolute atomic E-state index is 0.766. The Kier molecular flexibility index (Phi) is 6.09. The summed E-state index contributed by atoms with van der Waals surface area (Å²) >= 11 is 0. The maximum Gasteiger partial charge on any atom is -0.00147 e. The highest BCUT2D eigenvalue weighted by Gasteiger charge is 2.26. The van der Waals surface area contributed by atoms with Gasteiger partial charge in [-0.3, -0.25) is 0 Å². The first kappa shape index (κ1) is 15.6. The van der Waals surface area contributed by atoms with E-state index in [1.807, 2.05) is 0 Å². The number of hydrogen-bond acceptors (Lipinski definition) is 1. The lowest BCUT2D eigenvalue weighted by Crippen LogP contribution is -2.27. The Hall–Kier alpha value is -0.820. The highest BCUT2D eigenvalue weighted by molar-refractivity contribution is 5.36. The average Bonchev–Trinajstić information content (AvgIpc) is 2.68. The third kappa shape index (κ3) is 3.85. The molecular weight excluding hydrogens is 242 g/mol. The lowest BCUT2D eigenvalue weighted by molar-refractivity contribution is 0.374. The van der Waals surface area contributed by atoms with Gasteiger partial charge in [-0.25, -0.2) is 0 Å². The molecule has 20 heavy (non-hydrogen) atoms. The van der Waals surface area contributed by atoms with Gasteiger partial charge in [0.05, 0.1) is 0 Å². The summed E-state index contributed by atoms with van der Waals surface area (Å²) in [6, 6.07) is 6.88. The summed E-state index contributed by atoms with van der Waals surface area (Å²) in [7, 11) is 0. The highest BCUT2D eigenvalue weighted by Crippen LogP contribution is 2.38. The molecule has 0 aromatic heterocycles. The van der Waals surface area contributed by atoms with Crippen molar-refractivity contribution in [2.24, 2.45) is 5.92 Å². The molecule has 1 aromatic carbocycles. The monoisotopic (exact) mass is 273 g/mol. The summed E-state index contributed by atoms with van der Waals surface area (Å²) in [5.74, 6) is 1.59. The SMILES string of the molecule is CCCNCC1CCCCCC1c1cccc(C)c1C. The van der Waals surface area contributed by atoms with Crippen LogP contribution >= 0.6 is 0 Å².